The molecule has 1 aliphatic carbocycles. The fourth-order valence-corrected chi connectivity index (χ4v) is 5.70. The largest absolute Gasteiger partial charge is 0.493 e. The summed E-state index contributed by atoms with van der Waals surface area (Å²) in [6, 6.07) is 11.0. The van der Waals surface area contributed by atoms with Crippen molar-refractivity contribution in [3.05, 3.63) is 63.9 Å². The maximum atomic E-state index is 13.3. The van der Waals surface area contributed by atoms with Gasteiger partial charge in [0.05, 0.1) is 25.5 Å². The minimum atomic E-state index is -0.136. The Kier molecular flexibility index (Phi) is 7.80. The van der Waals surface area contributed by atoms with Crippen molar-refractivity contribution in [1.82, 2.24) is 5.32 Å². The lowest BCUT2D eigenvalue weighted by Gasteiger charge is -2.33. The Morgan fingerprint density at radius 3 is 2.86 bits per heavy atom. The average molecular weight is 506 g/mol. The van der Waals surface area contributed by atoms with Crippen molar-refractivity contribution < 1.29 is 18.7 Å². The maximum absolute atomic E-state index is 13.3. The number of aliphatic imine (C=N–C) groups is 1. The molecule has 7 nitrogen and oxygen atoms in total. The van der Waals surface area contributed by atoms with E-state index in [1.165, 1.54) is 4.88 Å². The number of nitrogens with one attached hydrogen (secondary N) is 1. The number of carbonyl (C=O) groups excluding carboxylic acids is 1. The first kappa shape index (κ1) is 25.5. The second kappa shape index (κ2) is 11.0. The minimum absolute atomic E-state index is 0.0589. The summed E-state index contributed by atoms with van der Waals surface area (Å²) in [7, 11) is 1.55. The number of ether oxygens (including phenoxy) is 2. The maximum Gasteiger partial charge on any atom is 0.255 e. The fraction of sp³-hybridized carbons (Fsp3) is 0.393. The third-order valence-corrected chi connectivity index (χ3v) is 7.67. The Balaban J connectivity index is 1.64. The molecule has 1 N–H and O–H groups in total. The van der Waals surface area contributed by atoms with Crippen molar-refractivity contribution in [3.8, 4) is 17.6 Å². The average Bonchev–Trinajstić information content (AvgIpc) is 3.51. The van der Waals surface area contributed by atoms with Crippen LogP contribution in [-0.2, 0) is 19.4 Å². The number of nitrogens with zero attached hydrogens (tertiary/aromatic N) is 2. The van der Waals surface area contributed by atoms with Gasteiger partial charge in [-0.2, -0.15) is 5.26 Å². The van der Waals surface area contributed by atoms with Crippen LogP contribution in [0.5, 0.6) is 11.5 Å². The molecule has 8 heteroatoms. The molecule has 0 spiro atoms. The molecule has 3 aromatic rings. The van der Waals surface area contributed by atoms with Gasteiger partial charge in [-0.3, -0.25) is 4.79 Å². The van der Waals surface area contributed by atoms with E-state index in [0.29, 0.717) is 40.3 Å². The summed E-state index contributed by atoms with van der Waals surface area (Å²) in [5.74, 6) is 2.14. The molecular weight excluding hydrogens is 474 g/mol. The first-order chi connectivity index (χ1) is 17.3. The quantitative estimate of drug-likeness (QED) is 0.374. The number of rotatable bonds is 8. The summed E-state index contributed by atoms with van der Waals surface area (Å²) < 4.78 is 16.2. The Morgan fingerprint density at radius 2 is 2.17 bits per heavy atom. The van der Waals surface area contributed by atoms with E-state index in [9.17, 15) is 4.79 Å². The summed E-state index contributed by atoms with van der Waals surface area (Å²) in [6.07, 6.45) is 6.21. The predicted octanol–water partition coefficient (Wildman–Crippen LogP) is 6.08. The lowest BCUT2D eigenvalue weighted by molar-refractivity contribution is 0.0947. The second-order valence-electron chi connectivity index (χ2n) is 9.87. The van der Waals surface area contributed by atoms with Crippen LogP contribution >= 0.6 is 11.3 Å². The molecule has 1 atom stereocenters. The van der Waals surface area contributed by atoms with Gasteiger partial charge in [0.1, 0.15) is 16.8 Å². The molecule has 2 aromatic heterocycles. The van der Waals surface area contributed by atoms with Crippen molar-refractivity contribution in [1.29, 1.82) is 5.26 Å². The van der Waals surface area contributed by atoms with Crippen LogP contribution in [0, 0.1) is 22.7 Å². The Bertz CT molecular complexity index is 1280. The van der Waals surface area contributed by atoms with Gasteiger partial charge in [-0.25, -0.2) is 4.99 Å². The van der Waals surface area contributed by atoms with E-state index >= 15 is 0 Å². The van der Waals surface area contributed by atoms with Crippen LogP contribution in [0.3, 0.4) is 0 Å². The van der Waals surface area contributed by atoms with E-state index in [4.69, 9.17) is 24.1 Å². The molecule has 0 saturated carbocycles. The van der Waals surface area contributed by atoms with Gasteiger partial charge in [0.15, 0.2) is 18.1 Å². The van der Waals surface area contributed by atoms with Gasteiger partial charge in [0.25, 0.3) is 5.91 Å². The highest BCUT2D eigenvalue weighted by Gasteiger charge is 2.33. The molecule has 0 saturated heterocycles. The number of hydrogen-bond donors (Lipinski definition) is 1. The summed E-state index contributed by atoms with van der Waals surface area (Å²) in [4.78, 5) is 19.4. The van der Waals surface area contributed by atoms with E-state index in [2.05, 4.69) is 26.1 Å². The first-order valence-electron chi connectivity index (χ1n) is 12.0. The molecule has 1 aliphatic rings. The number of hydrogen-bond acceptors (Lipinski definition) is 7. The van der Waals surface area contributed by atoms with E-state index in [1.54, 1.807) is 49.1 Å². The van der Waals surface area contributed by atoms with Gasteiger partial charge >= 0.3 is 0 Å². The Morgan fingerprint density at radius 1 is 1.33 bits per heavy atom. The van der Waals surface area contributed by atoms with Gasteiger partial charge in [-0.05, 0) is 72.1 Å². The standard InChI is InChI=1S/C28H31N3O4S/c1-28(2,3)19-8-9-21-24(15-19)36-27(25(21)26(32)30-17-20-6-5-12-34-20)31-16-18-7-10-22(35-13-11-29)23(14-18)33-4/h5-7,10,12,14,16,19H,8-9,13,15,17H2,1-4H3,(H,30,32)/t19-/m0/s1. The second-order valence-corrected chi connectivity index (χ2v) is 11.0. The number of thiophene rings is 1. The number of furan rings is 1. The number of fused-ring (bicyclic) bond motifs is 1. The molecule has 1 amide bonds. The molecule has 0 unspecified atom stereocenters. The molecule has 1 aromatic carbocycles. The van der Waals surface area contributed by atoms with E-state index in [-0.39, 0.29) is 17.9 Å². The van der Waals surface area contributed by atoms with Gasteiger partial charge in [0, 0.05) is 11.1 Å². The number of benzene rings is 1. The highest BCUT2D eigenvalue weighted by molar-refractivity contribution is 7.16. The molecule has 0 aliphatic heterocycles. The van der Waals surface area contributed by atoms with Gasteiger partial charge in [0.2, 0.25) is 0 Å². The monoisotopic (exact) mass is 505 g/mol. The Hall–Kier alpha value is -3.57. The predicted molar refractivity (Wildman–Crippen MR) is 141 cm³/mol. The van der Waals surface area contributed by atoms with E-state index in [1.807, 2.05) is 18.2 Å². The van der Waals surface area contributed by atoms with Crippen molar-refractivity contribution in [2.75, 3.05) is 13.7 Å². The minimum Gasteiger partial charge on any atom is -0.493 e. The summed E-state index contributed by atoms with van der Waals surface area (Å²) in [5, 5.41) is 12.5. The number of nitriles is 1. The van der Waals surface area contributed by atoms with Crippen LogP contribution in [0.2, 0.25) is 0 Å². The van der Waals surface area contributed by atoms with Gasteiger partial charge in [-0.15, -0.1) is 11.3 Å². The number of amides is 1. The molecule has 2 heterocycles. The summed E-state index contributed by atoms with van der Waals surface area (Å²) >= 11 is 1.60. The molecule has 188 valence electrons. The van der Waals surface area contributed by atoms with Crippen LogP contribution in [0.1, 0.15) is 59.3 Å². The zero-order chi connectivity index (χ0) is 25.7. The third-order valence-electron chi connectivity index (χ3n) is 6.51. The normalized spacial score (nSPS) is 15.4. The zero-order valence-corrected chi connectivity index (χ0v) is 21.9. The van der Waals surface area contributed by atoms with Gasteiger partial charge < -0.3 is 19.2 Å². The van der Waals surface area contributed by atoms with Crippen molar-refractivity contribution in [2.24, 2.45) is 16.3 Å². The summed E-state index contributed by atoms with van der Waals surface area (Å²) in [6.45, 7) is 7.11. The zero-order valence-electron chi connectivity index (χ0n) is 21.1. The van der Waals surface area contributed by atoms with Crippen molar-refractivity contribution >= 4 is 28.5 Å². The molecular formula is C28H31N3O4S. The summed E-state index contributed by atoms with van der Waals surface area (Å²) in [5.41, 5.74) is 2.78. The molecule has 0 bridgehead atoms. The smallest absolute Gasteiger partial charge is 0.255 e. The SMILES string of the molecule is COc1cc(C=Nc2sc3c(c2C(=O)NCc2ccco2)CC[C@H](C(C)(C)C)C3)ccc1OCC#N. The van der Waals surface area contributed by atoms with Crippen LogP contribution in [-0.4, -0.2) is 25.8 Å². The molecule has 4 rings (SSSR count). The van der Waals surface area contributed by atoms with Gasteiger partial charge in [-0.1, -0.05) is 20.8 Å². The van der Waals surface area contributed by atoms with E-state index in [0.717, 1.165) is 30.4 Å². The number of methoxy groups -OCH3 is 1. The van der Waals surface area contributed by atoms with Crippen LogP contribution in [0.25, 0.3) is 0 Å². The molecule has 0 radical (unpaired) electrons. The molecule has 0 fully saturated rings. The highest BCUT2D eigenvalue weighted by Crippen LogP contribution is 2.45. The van der Waals surface area contributed by atoms with Crippen LogP contribution < -0.4 is 14.8 Å². The third kappa shape index (κ3) is 5.80. The highest BCUT2D eigenvalue weighted by atomic mass is 32.1. The fourth-order valence-electron chi connectivity index (χ4n) is 4.43. The topological polar surface area (TPSA) is 96.8 Å². The van der Waals surface area contributed by atoms with Crippen molar-refractivity contribution in [2.45, 2.75) is 46.6 Å². The van der Waals surface area contributed by atoms with Crippen molar-refractivity contribution in [3.63, 3.8) is 0 Å². The van der Waals surface area contributed by atoms with E-state index < -0.39 is 0 Å². The Labute approximate surface area is 215 Å². The van der Waals surface area contributed by atoms with Crippen LogP contribution in [0.15, 0.2) is 46.0 Å². The first-order valence-corrected chi connectivity index (χ1v) is 12.8. The molecule has 36 heavy (non-hydrogen) atoms. The van der Waals surface area contributed by atoms with Crippen LogP contribution in [0.4, 0.5) is 5.00 Å². The number of carbonyl (C=O) groups is 1. The lowest BCUT2D eigenvalue weighted by atomic mass is 9.72. The lowest BCUT2D eigenvalue weighted by Crippen LogP contribution is -2.28.